The second kappa shape index (κ2) is 5.30. The van der Waals surface area contributed by atoms with E-state index in [1.807, 2.05) is 31.2 Å². The number of carbonyl (C=O) groups is 2. The highest BCUT2D eigenvalue weighted by Crippen LogP contribution is 2.25. The van der Waals surface area contributed by atoms with Crippen molar-refractivity contribution in [1.29, 1.82) is 0 Å². The molecule has 2 aliphatic heterocycles. The molecule has 4 N–H and O–H groups in total. The molecule has 2 atom stereocenters. The lowest BCUT2D eigenvalue weighted by Gasteiger charge is -2.36. The lowest BCUT2D eigenvalue weighted by Crippen LogP contribution is -2.64. The van der Waals surface area contributed by atoms with Gasteiger partial charge in [-0.25, -0.2) is 15.6 Å². The van der Waals surface area contributed by atoms with Gasteiger partial charge < -0.3 is 9.80 Å². The van der Waals surface area contributed by atoms with Gasteiger partial charge in [-0.15, -0.1) is 0 Å². The van der Waals surface area contributed by atoms with Gasteiger partial charge in [0.05, 0.1) is 0 Å². The molecule has 2 heterocycles. The van der Waals surface area contributed by atoms with Crippen LogP contribution in [0.5, 0.6) is 0 Å². The molecule has 2 aliphatic rings. The first-order valence-electron chi connectivity index (χ1n) is 6.95. The van der Waals surface area contributed by atoms with Gasteiger partial charge in [0.15, 0.2) is 12.2 Å². The Balaban J connectivity index is 1.91. The van der Waals surface area contributed by atoms with Crippen molar-refractivity contribution in [3.63, 3.8) is 0 Å². The van der Waals surface area contributed by atoms with E-state index in [1.165, 1.54) is 4.90 Å². The Morgan fingerprint density at radius 2 is 2.18 bits per heavy atom. The summed E-state index contributed by atoms with van der Waals surface area (Å²) in [6, 6.07) is 6.94. The molecular formula is C14H18N6O2. The Labute approximate surface area is 127 Å². The first-order valence-corrected chi connectivity index (χ1v) is 6.95. The average molecular weight is 302 g/mol. The zero-order chi connectivity index (χ0) is 15.9. The Morgan fingerprint density at radius 1 is 1.41 bits per heavy atom. The van der Waals surface area contributed by atoms with Crippen molar-refractivity contribution in [2.45, 2.75) is 25.7 Å². The van der Waals surface area contributed by atoms with Crippen LogP contribution in [0.25, 0.3) is 0 Å². The molecule has 0 radical (unpaired) electrons. The number of carbonyl (C=O) groups excluding carboxylic acids is 2. The number of aliphatic imine (C=N–C) groups is 1. The summed E-state index contributed by atoms with van der Waals surface area (Å²) in [6.45, 7) is 2.48. The highest BCUT2D eigenvalue weighted by Gasteiger charge is 2.48. The van der Waals surface area contributed by atoms with Crippen molar-refractivity contribution in [3.8, 4) is 0 Å². The number of fused-ring (bicyclic) bond motifs is 1. The lowest BCUT2D eigenvalue weighted by molar-refractivity contribution is -0.127. The molecule has 1 aromatic rings. The number of rotatable bonds is 2. The number of aryl methyl sites for hydroxylation is 1. The van der Waals surface area contributed by atoms with E-state index >= 15 is 0 Å². The number of guanidine groups is 1. The molecule has 8 heteroatoms. The SMILES string of the molecule is Cc1cccc(CN2C(NN)=NC3C2C(=O)NC(=O)N3C)c1. The first kappa shape index (κ1) is 14.3. The van der Waals surface area contributed by atoms with Crippen LogP contribution in [-0.2, 0) is 11.3 Å². The van der Waals surface area contributed by atoms with E-state index in [2.05, 4.69) is 15.7 Å². The summed E-state index contributed by atoms with van der Waals surface area (Å²) < 4.78 is 0. The molecule has 0 aromatic heterocycles. The summed E-state index contributed by atoms with van der Waals surface area (Å²) in [5.41, 5.74) is 4.69. The smallest absolute Gasteiger partial charge is 0.322 e. The minimum atomic E-state index is -0.589. The lowest BCUT2D eigenvalue weighted by atomic mass is 10.1. The van der Waals surface area contributed by atoms with Gasteiger partial charge in [-0.2, -0.15) is 0 Å². The van der Waals surface area contributed by atoms with E-state index in [0.29, 0.717) is 12.5 Å². The van der Waals surface area contributed by atoms with Gasteiger partial charge in [0.25, 0.3) is 5.91 Å². The monoisotopic (exact) mass is 302 g/mol. The van der Waals surface area contributed by atoms with Crippen LogP contribution in [0, 0.1) is 6.92 Å². The van der Waals surface area contributed by atoms with Gasteiger partial charge in [0.1, 0.15) is 0 Å². The normalized spacial score (nSPS) is 24.0. The standard InChI is InChI=1S/C14H18N6O2/c1-8-4-3-5-9(6-8)7-20-10-11(16-13(20)18-15)19(2)14(22)17-12(10)21/h3-6,10-11H,7,15H2,1-2H3,(H,16,18)(H,17,21,22). The van der Waals surface area contributed by atoms with Crippen molar-refractivity contribution in [1.82, 2.24) is 20.5 Å². The summed E-state index contributed by atoms with van der Waals surface area (Å²) in [6.07, 6.45) is -0.572. The van der Waals surface area contributed by atoms with Crippen LogP contribution in [-0.4, -0.2) is 47.0 Å². The molecule has 116 valence electrons. The number of amides is 3. The van der Waals surface area contributed by atoms with E-state index < -0.39 is 18.2 Å². The third kappa shape index (κ3) is 2.27. The van der Waals surface area contributed by atoms with E-state index in [4.69, 9.17) is 5.84 Å². The van der Waals surface area contributed by atoms with Crippen LogP contribution in [0.15, 0.2) is 29.3 Å². The third-order valence-corrected chi connectivity index (χ3v) is 3.93. The summed E-state index contributed by atoms with van der Waals surface area (Å²) in [7, 11) is 1.60. The molecular weight excluding hydrogens is 284 g/mol. The minimum Gasteiger partial charge on any atom is -0.322 e. The van der Waals surface area contributed by atoms with Gasteiger partial charge in [0.2, 0.25) is 5.96 Å². The molecule has 8 nitrogen and oxygen atoms in total. The van der Waals surface area contributed by atoms with Gasteiger partial charge in [0, 0.05) is 13.6 Å². The number of hydrogen-bond donors (Lipinski definition) is 3. The molecule has 1 fully saturated rings. The molecule has 0 saturated carbocycles. The van der Waals surface area contributed by atoms with Crippen LogP contribution in [0.3, 0.4) is 0 Å². The molecule has 0 aliphatic carbocycles. The largest absolute Gasteiger partial charge is 0.325 e. The van der Waals surface area contributed by atoms with Crippen LogP contribution in [0.4, 0.5) is 4.79 Å². The van der Waals surface area contributed by atoms with Gasteiger partial charge in [-0.3, -0.25) is 15.5 Å². The second-order valence-corrected chi connectivity index (χ2v) is 5.48. The number of likely N-dealkylation sites (N-methyl/N-ethyl adjacent to an activating group) is 1. The molecule has 0 bridgehead atoms. The zero-order valence-corrected chi connectivity index (χ0v) is 12.4. The summed E-state index contributed by atoms with van der Waals surface area (Å²) in [5.74, 6) is 5.56. The number of hydrogen-bond acceptors (Lipinski definition) is 6. The van der Waals surface area contributed by atoms with Crippen molar-refractivity contribution >= 4 is 17.9 Å². The molecule has 3 amide bonds. The maximum absolute atomic E-state index is 12.2. The highest BCUT2D eigenvalue weighted by atomic mass is 16.2. The Morgan fingerprint density at radius 3 is 2.86 bits per heavy atom. The maximum atomic E-state index is 12.2. The second-order valence-electron chi connectivity index (χ2n) is 5.48. The number of nitrogens with two attached hydrogens (primary N) is 1. The Bertz CT molecular complexity index is 658. The van der Waals surface area contributed by atoms with Crippen molar-refractivity contribution in [3.05, 3.63) is 35.4 Å². The fourth-order valence-corrected chi connectivity index (χ4v) is 2.83. The molecule has 2 unspecified atom stereocenters. The highest BCUT2D eigenvalue weighted by molar-refractivity contribution is 6.03. The molecule has 1 aromatic carbocycles. The van der Waals surface area contributed by atoms with Gasteiger partial charge in [-0.1, -0.05) is 29.8 Å². The molecule has 1 saturated heterocycles. The number of hydrazine groups is 1. The van der Waals surface area contributed by atoms with E-state index in [9.17, 15) is 9.59 Å². The van der Waals surface area contributed by atoms with Crippen LogP contribution in [0.2, 0.25) is 0 Å². The van der Waals surface area contributed by atoms with E-state index in [0.717, 1.165) is 11.1 Å². The molecule has 22 heavy (non-hydrogen) atoms. The zero-order valence-electron chi connectivity index (χ0n) is 12.4. The van der Waals surface area contributed by atoms with Crippen molar-refractivity contribution < 1.29 is 9.59 Å². The molecule has 0 spiro atoms. The van der Waals surface area contributed by atoms with Crippen LogP contribution < -0.4 is 16.6 Å². The maximum Gasteiger partial charge on any atom is 0.325 e. The van der Waals surface area contributed by atoms with Crippen molar-refractivity contribution in [2.75, 3.05) is 7.05 Å². The average Bonchev–Trinajstić information content (AvgIpc) is 2.84. The molecule has 3 rings (SSSR count). The summed E-state index contributed by atoms with van der Waals surface area (Å²) in [4.78, 5) is 31.5. The van der Waals surface area contributed by atoms with Crippen LogP contribution in [0.1, 0.15) is 11.1 Å². The summed E-state index contributed by atoms with van der Waals surface area (Å²) >= 11 is 0. The fraction of sp³-hybridized carbons (Fsp3) is 0.357. The number of nitrogens with one attached hydrogen (secondary N) is 2. The Kier molecular flexibility index (Phi) is 3.45. The topological polar surface area (TPSA) is 103 Å². The predicted octanol–water partition coefficient (Wildman–Crippen LogP) is -0.494. The number of nitrogens with zero attached hydrogens (tertiary/aromatic N) is 3. The summed E-state index contributed by atoms with van der Waals surface area (Å²) in [5, 5.41) is 2.34. The number of urea groups is 1. The third-order valence-electron chi connectivity index (χ3n) is 3.93. The predicted molar refractivity (Wildman–Crippen MR) is 80.4 cm³/mol. The first-order chi connectivity index (χ1) is 10.5. The van der Waals surface area contributed by atoms with Crippen molar-refractivity contribution in [2.24, 2.45) is 10.8 Å². The van der Waals surface area contributed by atoms with E-state index in [-0.39, 0.29) is 5.91 Å². The Hall–Kier alpha value is -2.61. The number of imide groups is 1. The van der Waals surface area contributed by atoms with E-state index in [1.54, 1.807) is 11.9 Å². The quantitative estimate of drug-likeness (QED) is 0.505. The van der Waals surface area contributed by atoms with Gasteiger partial charge in [-0.05, 0) is 12.5 Å². The fourth-order valence-electron chi connectivity index (χ4n) is 2.83. The number of benzene rings is 1. The van der Waals surface area contributed by atoms with Crippen LogP contribution >= 0.6 is 0 Å². The van der Waals surface area contributed by atoms with Gasteiger partial charge >= 0.3 is 6.03 Å². The minimum absolute atomic E-state index is 0.366.